The molecule has 0 spiro atoms. The first-order valence-electron chi connectivity index (χ1n) is 7.62. The van der Waals surface area contributed by atoms with Gasteiger partial charge >= 0.3 is 0 Å². The van der Waals surface area contributed by atoms with Crippen LogP contribution in [-0.4, -0.2) is 50.7 Å². The molecule has 0 aromatic heterocycles. The van der Waals surface area contributed by atoms with Gasteiger partial charge in [0.2, 0.25) is 11.8 Å². The van der Waals surface area contributed by atoms with E-state index in [0.717, 1.165) is 13.0 Å². The molecule has 6 heteroatoms. The van der Waals surface area contributed by atoms with Gasteiger partial charge in [0.15, 0.2) is 0 Å². The zero-order valence-corrected chi connectivity index (χ0v) is 12.6. The van der Waals surface area contributed by atoms with Crippen molar-refractivity contribution in [2.45, 2.75) is 18.9 Å². The van der Waals surface area contributed by atoms with Gasteiger partial charge in [-0.2, -0.15) is 0 Å². The molecule has 1 aromatic carbocycles. The van der Waals surface area contributed by atoms with Crippen molar-refractivity contribution < 1.29 is 14.3 Å². The maximum atomic E-state index is 11.7. The fourth-order valence-corrected chi connectivity index (χ4v) is 2.28. The van der Waals surface area contributed by atoms with Crippen LogP contribution >= 0.6 is 0 Å². The van der Waals surface area contributed by atoms with Gasteiger partial charge in [0.25, 0.3) is 0 Å². The van der Waals surface area contributed by atoms with Crippen molar-refractivity contribution in [3.05, 3.63) is 35.9 Å². The summed E-state index contributed by atoms with van der Waals surface area (Å²) in [6.07, 6.45) is 1.11. The summed E-state index contributed by atoms with van der Waals surface area (Å²) in [4.78, 5) is 23.4. The van der Waals surface area contributed by atoms with Crippen LogP contribution in [-0.2, 0) is 20.7 Å². The van der Waals surface area contributed by atoms with Crippen molar-refractivity contribution in [1.82, 2.24) is 16.0 Å². The normalized spacial score (nSPS) is 17.7. The van der Waals surface area contributed by atoms with E-state index in [1.165, 1.54) is 5.56 Å². The van der Waals surface area contributed by atoms with Crippen molar-refractivity contribution in [2.24, 2.45) is 0 Å². The first-order valence-corrected chi connectivity index (χ1v) is 7.62. The van der Waals surface area contributed by atoms with E-state index in [1.54, 1.807) is 0 Å². The SMILES string of the molecule is O=C(CNC(=O)CC1COCCN1)NCCc1ccccc1. The molecular formula is C16H23N3O3. The van der Waals surface area contributed by atoms with E-state index in [9.17, 15) is 9.59 Å². The maximum absolute atomic E-state index is 11.7. The predicted octanol–water partition coefficient (Wildman–Crippen LogP) is -0.160. The standard InChI is InChI=1S/C16H23N3O3/c20-15(10-14-12-22-9-8-17-14)19-11-16(21)18-7-6-13-4-2-1-3-5-13/h1-5,14,17H,6-12H2,(H,18,21)(H,19,20). The van der Waals surface area contributed by atoms with Gasteiger partial charge in [0, 0.05) is 25.6 Å². The number of benzene rings is 1. The van der Waals surface area contributed by atoms with E-state index < -0.39 is 0 Å². The van der Waals surface area contributed by atoms with Crippen LogP contribution in [0.3, 0.4) is 0 Å². The minimum atomic E-state index is -0.169. The molecule has 1 fully saturated rings. The van der Waals surface area contributed by atoms with Crippen molar-refractivity contribution in [1.29, 1.82) is 0 Å². The highest BCUT2D eigenvalue weighted by Crippen LogP contribution is 1.99. The van der Waals surface area contributed by atoms with E-state index >= 15 is 0 Å². The van der Waals surface area contributed by atoms with Gasteiger partial charge in [-0.25, -0.2) is 0 Å². The number of carbonyl (C=O) groups is 2. The van der Waals surface area contributed by atoms with E-state index in [2.05, 4.69) is 16.0 Å². The Morgan fingerprint density at radius 3 is 2.73 bits per heavy atom. The summed E-state index contributed by atoms with van der Waals surface area (Å²) in [5.74, 6) is -0.307. The third kappa shape index (κ3) is 6.24. The Labute approximate surface area is 130 Å². The largest absolute Gasteiger partial charge is 0.378 e. The third-order valence-electron chi connectivity index (χ3n) is 3.46. The molecule has 6 nitrogen and oxygen atoms in total. The third-order valence-corrected chi connectivity index (χ3v) is 3.46. The first-order chi connectivity index (χ1) is 10.7. The molecule has 1 atom stereocenters. The molecule has 1 unspecified atom stereocenters. The Morgan fingerprint density at radius 1 is 1.18 bits per heavy atom. The number of ether oxygens (including phenoxy) is 1. The minimum absolute atomic E-state index is 0.0151. The second kappa shape index (κ2) is 9.17. The molecule has 2 rings (SSSR count). The number of nitrogens with one attached hydrogen (secondary N) is 3. The molecule has 22 heavy (non-hydrogen) atoms. The number of carbonyl (C=O) groups excluding carboxylic acids is 2. The summed E-state index contributed by atoms with van der Waals surface area (Å²) in [6.45, 7) is 2.56. The summed E-state index contributed by atoms with van der Waals surface area (Å²) in [5.41, 5.74) is 1.18. The Hall–Kier alpha value is -1.92. The van der Waals surface area contributed by atoms with Crippen molar-refractivity contribution in [2.75, 3.05) is 32.8 Å². The van der Waals surface area contributed by atoms with Gasteiger partial charge in [0.05, 0.1) is 19.8 Å². The average Bonchev–Trinajstić information content (AvgIpc) is 2.55. The van der Waals surface area contributed by atoms with Crippen LogP contribution in [0.2, 0.25) is 0 Å². The van der Waals surface area contributed by atoms with Gasteiger partial charge in [-0.3, -0.25) is 9.59 Å². The molecule has 1 aliphatic rings. The molecule has 1 aliphatic heterocycles. The molecule has 0 aliphatic carbocycles. The highest BCUT2D eigenvalue weighted by atomic mass is 16.5. The number of morpholine rings is 1. The van der Waals surface area contributed by atoms with Gasteiger partial charge in [-0.05, 0) is 12.0 Å². The molecular weight excluding hydrogens is 282 g/mol. The lowest BCUT2D eigenvalue weighted by molar-refractivity contribution is -0.126. The van der Waals surface area contributed by atoms with Crippen LogP contribution in [0.15, 0.2) is 30.3 Å². The molecule has 0 bridgehead atoms. The van der Waals surface area contributed by atoms with Crippen LogP contribution in [0.1, 0.15) is 12.0 Å². The number of hydrogen-bond donors (Lipinski definition) is 3. The van der Waals surface area contributed by atoms with Crippen LogP contribution in [0.4, 0.5) is 0 Å². The van der Waals surface area contributed by atoms with Crippen LogP contribution in [0.25, 0.3) is 0 Å². The van der Waals surface area contributed by atoms with Gasteiger partial charge < -0.3 is 20.7 Å². The van der Waals surface area contributed by atoms with Gasteiger partial charge in [-0.1, -0.05) is 30.3 Å². The van der Waals surface area contributed by atoms with Crippen molar-refractivity contribution >= 4 is 11.8 Å². The highest BCUT2D eigenvalue weighted by Gasteiger charge is 2.16. The van der Waals surface area contributed by atoms with E-state index in [4.69, 9.17) is 4.74 Å². The first kappa shape index (κ1) is 16.5. The van der Waals surface area contributed by atoms with Crippen LogP contribution in [0, 0.1) is 0 Å². The molecule has 120 valence electrons. The summed E-state index contributed by atoms with van der Waals surface area (Å²) in [7, 11) is 0. The Bertz CT molecular complexity index is 473. The molecule has 1 saturated heterocycles. The van der Waals surface area contributed by atoms with Crippen LogP contribution < -0.4 is 16.0 Å². The Morgan fingerprint density at radius 2 is 2.00 bits per heavy atom. The average molecular weight is 305 g/mol. The molecule has 3 N–H and O–H groups in total. The lowest BCUT2D eigenvalue weighted by Crippen LogP contribution is -2.45. The second-order valence-electron chi connectivity index (χ2n) is 5.29. The smallest absolute Gasteiger partial charge is 0.239 e. The minimum Gasteiger partial charge on any atom is -0.378 e. The lowest BCUT2D eigenvalue weighted by Gasteiger charge is -2.23. The van der Waals surface area contributed by atoms with Gasteiger partial charge in [0.1, 0.15) is 0 Å². The highest BCUT2D eigenvalue weighted by molar-refractivity contribution is 5.84. The van der Waals surface area contributed by atoms with E-state index in [-0.39, 0.29) is 24.4 Å². The molecule has 2 amide bonds. The maximum Gasteiger partial charge on any atom is 0.239 e. The lowest BCUT2D eigenvalue weighted by atomic mass is 10.1. The van der Waals surface area contributed by atoms with Gasteiger partial charge in [-0.15, -0.1) is 0 Å². The fraction of sp³-hybridized carbons (Fsp3) is 0.500. The quantitative estimate of drug-likeness (QED) is 0.654. The zero-order valence-electron chi connectivity index (χ0n) is 12.6. The topological polar surface area (TPSA) is 79.5 Å². The van der Waals surface area contributed by atoms with Crippen molar-refractivity contribution in [3.63, 3.8) is 0 Å². The molecule has 0 saturated carbocycles. The second-order valence-corrected chi connectivity index (χ2v) is 5.29. The summed E-state index contributed by atoms with van der Waals surface area (Å²) >= 11 is 0. The van der Waals surface area contributed by atoms with E-state index in [1.807, 2.05) is 30.3 Å². The van der Waals surface area contributed by atoms with Crippen LogP contribution in [0.5, 0.6) is 0 Å². The number of rotatable bonds is 7. The predicted molar refractivity (Wildman–Crippen MR) is 83.4 cm³/mol. The molecule has 1 heterocycles. The monoisotopic (exact) mass is 305 g/mol. The number of hydrogen-bond acceptors (Lipinski definition) is 4. The molecule has 0 radical (unpaired) electrons. The Kier molecular flexibility index (Phi) is 6.86. The molecule has 1 aromatic rings. The fourth-order valence-electron chi connectivity index (χ4n) is 2.28. The summed E-state index contributed by atoms with van der Waals surface area (Å²) < 4.78 is 5.28. The number of amides is 2. The zero-order chi connectivity index (χ0) is 15.6. The summed E-state index contributed by atoms with van der Waals surface area (Å²) in [6, 6.07) is 9.99. The Balaban J connectivity index is 1.56. The summed E-state index contributed by atoms with van der Waals surface area (Å²) in [5, 5.41) is 8.63. The van der Waals surface area contributed by atoms with E-state index in [0.29, 0.717) is 26.2 Å². The van der Waals surface area contributed by atoms with Crippen molar-refractivity contribution in [3.8, 4) is 0 Å².